The zero-order chi connectivity index (χ0) is 18.7. The van der Waals surface area contributed by atoms with E-state index in [4.69, 9.17) is 0 Å². The van der Waals surface area contributed by atoms with E-state index >= 15 is 0 Å². The van der Waals surface area contributed by atoms with E-state index in [1.165, 1.54) is 12.1 Å². The van der Waals surface area contributed by atoms with E-state index in [1.807, 2.05) is 0 Å². The van der Waals surface area contributed by atoms with Crippen LogP contribution in [0.3, 0.4) is 0 Å². The van der Waals surface area contributed by atoms with Gasteiger partial charge in [0.05, 0.1) is 11.3 Å². The molecule has 3 rings (SSSR count). The Bertz CT molecular complexity index is 1010. The standard InChI is InChI=1S/C18H13F3N4O/c1-2-3-11-8-14-15(10-23-16(14)22-9-11)25-17(26)24-13-6-4-12(5-7-13)18(19,20)21/h4-10H,1H3,(H,22,23)(H2,24,25,26). The summed E-state index contributed by atoms with van der Waals surface area (Å²) in [5, 5.41) is 5.79. The number of alkyl halides is 3. The predicted molar refractivity (Wildman–Crippen MR) is 92.7 cm³/mol. The minimum Gasteiger partial charge on any atom is -0.344 e. The van der Waals surface area contributed by atoms with Gasteiger partial charge in [0, 0.05) is 29.0 Å². The number of anilines is 2. The normalized spacial score (nSPS) is 10.9. The molecule has 0 spiro atoms. The van der Waals surface area contributed by atoms with E-state index in [2.05, 4.69) is 32.4 Å². The quantitative estimate of drug-likeness (QED) is 0.586. The first kappa shape index (κ1) is 17.4. The summed E-state index contributed by atoms with van der Waals surface area (Å²) in [7, 11) is 0. The van der Waals surface area contributed by atoms with E-state index in [1.54, 1.807) is 25.4 Å². The van der Waals surface area contributed by atoms with Gasteiger partial charge in [0.1, 0.15) is 5.65 Å². The number of nitrogens with zero attached hydrogens (tertiary/aromatic N) is 1. The summed E-state index contributed by atoms with van der Waals surface area (Å²) in [6.07, 6.45) is -1.23. The summed E-state index contributed by atoms with van der Waals surface area (Å²) in [4.78, 5) is 19.2. The lowest BCUT2D eigenvalue weighted by atomic mass is 10.2. The van der Waals surface area contributed by atoms with Crippen molar-refractivity contribution in [3.63, 3.8) is 0 Å². The van der Waals surface area contributed by atoms with Crippen molar-refractivity contribution in [2.45, 2.75) is 13.1 Å². The molecule has 0 atom stereocenters. The number of pyridine rings is 1. The van der Waals surface area contributed by atoms with Crippen LogP contribution in [0.2, 0.25) is 0 Å². The highest BCUT2D eigenvalue weighted by Gasteiger charge is 2.29. The number of hydrogen-bond acceptors (Lipinski definition) is 2. The van der Waals surface area contributed by atoms with Crippen LogP contribution in [0.5, 0.6) is 0 Å². The van der Waals surface area contributed by atoms with Crippen molar-refractivity contribution in [1.82, 2.24) is 9.97 Å². The topological polar surface area (TPSA) is 69.8 Å². The molecule has 26 heavy (non-hydrogen) atoms. The fourth-order valence-corrected chi connectivity index (χ4v) is 2.35. The molecule has 0 unspecified atom stereocenters. The Hall–Kier alpha value is -3.47. The maximum absolute atomic E-state index is 12.6. The SMILES string of the molecule is CC#Cc1cnc2[nH]cc(NC(=O)Nc3ccc(C(F)(F)F)cc3)c2c1. The number of nitrogens with one attached hydrogen (secondary N) is 3. The van der Waals surface area contributed by atoms with Gasteiger partial charge in [-0.05, 0) is 37.3 Å². The average molecular weight is 358 g/mol. The number of aromatic nitrogens is 2. The molecular formula is C18H13F3N4O. The molecule has 0 fully saturated rings. The van der Waals surface area contributed by atoms with Crippen LogP contribution in [0.1, 0.15) is 18.1 Å². The number of carbonyl (C=O) groups is 1. The Morgan fingerprint density at radius 1 is 1.19 bits per heavy atom. The minimum atomic E-state index is -4.42. The Morgan fingerprint density at radius 2 is 1.92 bits per heavy atom. The second kappa shape index (κ2) is 6.80. The number of urea groups is 1. The van der Waals surface area contributed by atoms with Gasteiger partial charge in [-0.25, -0.2) is 9.78 Å². The molecule has 3 aromatic rings. The van der Waals surface area contributed by atoms with Gasteiger partial charge in [-0.1, -0.05) is 5.92 Å². The van der Waals surface area contributed by atoms with Gasteiger partial charge in [-0.2, -0.15) is 13.2 Å². The lowest BCUT2D eigenvalue weighted by Gasteiger charge is -2.09. The molecule has 0 aliphatic carbocycles. The molecule has 132 valence electrons. The fourth-order valence-electron chi connectivity index (χ4n) is 2.35. The van der Waals surface area contributed by atoms with Crippen LogP contribution in [0.15, 0.2) is 42.7 Å². The highest BCUT2D eigenvalue weighted by Crippen LogP contribution is 2.30. The van der Waals surface area contributed by atoms with Crippen LogP contribution in [-0.2, 0) is 6.18 Å². The number of H-pyrrole nitrogens is 1. The number of halogens is 3. The summed E-state index contributed by atoms with van der Waals surface area (Å²) in [5.41, 5.74) is 1.22. The number of benzene rings is 1. The Balaban J connectivity index is 1.74. The zero-order valence-corrected chi connectivity index (χ0v) is 13.5. The first-order valence-corrected chi connectivity index (χ1v) is 7.52. The zero-order valence-electron chi connectivity index (χ0n) is 13.5. The smallest absolute Gasteiger partial charge is 0.344 e. The van der Waals surface area contributed by atoms with E-state index in [0.29, 0.717) is 22.3 Å². The third-order valence-corrected chi connectivity index (χ3v) is 3.52. The van der Waals surface area contributed by atoms with Crippen LogP contribution in [0.4, 0.5) is 29.3 Å². The summed E-state index contributed by atoms with van der Waals surface area (Å²) in [6.45, 7) is 1.71. The van der Waals surface area contributed by atoms with Gasteiger partial charge in [0.2, 0.25) is 0 Å². The predicted octanol–water partition coefficient (Wildman–Crippen LogP) is 4.60. The number of fused-ring (bicyclic) bond motifs is 1. The van der Waals surface area contributed by atoms with Crippen molar-refractivity contribution in [1.29, 1.82) is 0 Å². The Labute approximate surface area is 146 Å². The summed E-state index contributed by atoms with van der Waals surface area (Å²) in [6, 6.07) is 5.38. The lowest BCUT2D eigenvalue weighted by molar-refractivity contribution is -0.137. The third kappa shape index (κ3) is 3.78. The molecule has 8 heteroatoms. The molecule has 3 N–H and O–H groups in total. The molecule has 0 saturated heterocycles. The Morgan fingerprint density at radius 3 is 2.58 bits per heavy atom. The lowest BCUT2D eigenvalue weighted by Crippen LogP contribution is -2.19. The highest BCUT2D eigenvalue weighted by molar-refractivity contribution is 6.05. The van der Waals surface area contributed by atoms with Gasteiger partial charge in [0.25, 0.3) is 0 Å². The van der Waals surface area contributed by atoms with Crippen molar-refractivity contribution in [3.8, 4) is 11.8 Å². The third-order valence-electron chi connectivity index (χ3n) is 3.52. The number of amides is 2. The second-order valence-electron chi connectivity index (χ2n) is 5.35. The van der Waals surface area contributed by atoms with Crippen LogP contribution in [0, 0.1) is 11.8 Å². The van der Waals surface area contributed by atoms with Gasteiger partial charge < -0.3 is 15.6 Å². The largest absolute Gasteiger partial charge is 0.416 e. The van der Waals surface area contributed by atoms with Crippen molar-refractivity contribution < 1.29 is 18.0 Å². The summed E-state index contributed by atoms with van der Waals surface area (Å²) >= 11 is 0. The number of carbonyl (C=O) groups excluding carboxylic acids is 1. The van der Waals surface area contributed by atoms with Gasteiger partial charge in [-0.3, -0.25) is 0 Å². The van der Waals surface area contributed by atoms with Crippen molar-refractivity contribution in [2.24, 2.45) is 0 Å². The van der Waals surface area contributed by atoms with Crippen LogP contribution in [-0.4, -0.2) is 16.0 Å². The van der Waals surface area contributed by atoms with Crippen molar-refractivity contribution in [2.75, 3.05) is 10.6 Å². The fraction of sp³-hybridized carbons (Fsp3) is 0.111. The number of hydrogen-bond donors (Lipinski definition) is 3. The number of aromatic amines is 1. The molecule has 0 bridgehead atoms. The van der Waals surface area contributed by atoms with E-state index in [9.17, 15) is 18.0 Å². The molecule has 0 aliphatic rings. The second-order valence-corrected chi connectivity index (χ2v) is 5.35. The van der Waals surface area contributed by atoms with Crippen LogP contribution >= 0.6 is 0 Å². The molecule has 2 amide bonds. The molecule has 1 aromatic carbocycles. The van der Waals surface area contributed by atoms with Gasteiger partial charge in [-0.15, -0.1) is 5.92 Å². The maximum atomic E-state index is 12.6. The van der Waals surface area contributed by atoms with Crippen LogP contribution in [0.25, 0.3) is 11.0 Å². The van der Waals surface area contributed by atoms with Crippen LogP contribution < -0.4 is 10.6 Å². The average Bonchev–Trinajstić information content (AvgIpc) is 2.97. The van der Waals surface area contributed by atoms with Crippen molar-refractivity contribution in [3.05, 3.63) is 53.9 Å². The molecule has 0 saturated carbocycles. The van der Waals surface area contributed by atoms with E-state index in [-0.39, 0.29) is 5.69 Å². The summed E-state index contributed by atoms with van der Waals surface area (Å²) in [5.74, 6) is 5.65. The molecule has 5 nitrogen and oxygen atoms in total. The maximum Gasteiger partial charge on any atom is 0.416 e. The molecule has 2 heterocycles. The van der Waals surface area contributed by atoms with E-state index < -0.39 is 17.8 Å². The van der Waals surface area contributed by atoms with Gasteiger partial charge in [0.15, 0.2) is 0 Å². The van der Waals surface area contributed by atoms with E-state index in [0.717, 1.165) is 12.1 Å². The highest BCUT2D eigenvalue weighted by atomic mass is 19.4. The Kier molecular flexibility index (Phi) is 4.54. The summed E-state index contributed by atoms with van der Waals surface area (Å²) < 4.78 is 37.7. The first-order valence-electron chi connectivity index (χ1n) is 7.52. The molecule has 0 radical (unpaired) electrons. The molecular weight excluding hydrogens is 345 g/mol. The van der Waals surface area contributed by atoms with Crippen molar-refractivity contribution >= 4 is 28.4 Å². The minimum absolute atomic E-state index is 0.242. The number of rotatable bonds is 2. The van der Waals surface area contributed by atoms with Gasteiger partial charge >= 0.3 is 12.2 Å². The molecule has 2 aromatic heterocycles. The monoisotopic (exact) mass is 358 g/mol. The molecule has 0 aliphatic heterocycles. The first-order chi connectivity index (χ1) is 12.4.